The second-order valence-corrected chi connectivity index (χ2v) is 6.29. The van der Waals surface area contributed by atoms with Gasteiger partial charge in [-0.2, -0.15) is 0 Å². The highest BCUT2D eigenvalue weighted by atomic mass is 16.6. The fourth-order valence-electron chi connectivity index (χ4n) is 3.14. The Morgan fingerprint density at radius 2 is 1.15 bits per heavy atom. The molecule has 0 radical (unpaired) electrons. The topological polar surface area (TPSA) is 105 Å². The summed E-state index contributed by atoms with van der Waals surface area (Å²) in [6.45, 7) is 6.65. The van der Waals surface area contributed by atoms with E-state index >= 15 is 0 Å². The Balaban J connectivity index is 1.85. The zero-order chi connectivity index (χ0) is 19.5. The molecule has 0 aromatic carbocycles. The van der Waals surface area contributed by atoms with Gasteiger partial charge in [0.25, 0.3) is 0 Å². The second kappa shape index (κ2) is 7.31. The minimum Gasteiger partial charge on any atom is -0.468 e. The van der Waals surface area contributed by atoms with Crippen LogP contribution in [0, 0.1) is 22.7 Å². The van der Waals surface area contributed by atoms with Crippen molar-refractivity contribution in [3.05, 3.63) is 25.3 Å². The first kappa shape index (κ1) is 19.7. The SMILES string of the molecule is C=CC1CC1(C(=O)OC)C(=O)OCCOC(=O)C1(C(=O)OC)CC1C=C. The summed E-state index contributed by atoms with van der Waals surface area (Å²) < 4.78 is 19.4. The van der Waals surface area contributed by atoms with Crippen LogP contribution in [0.5, 0.6) is 0 Å². The molecule has 2 saturated carbocycles. The second-order valence-electron chi connectivity index (χ2n) is 6.29. The van der Waals surface area contributed by atoms with Gasteiger partial charge in [-0.1, -0.05) is 12.2 Å². The van der Waals surface area contributed by atoms with Crippen molar-refractivity contribution in [1.29, 1.82) is 0 Å². The molecule has 0 N–H and O–H groups in total. The van der Waals surface area contributed by atoms with Crippen LogP contribution >= 0.6 is 0 Å². The van der Waals surface area contributed by atoms with Gasteiger partial charge < -0.3 is 18.9 Å². The average molecular weight is 366 g/mol. The van der Waals surface area contributed by atoms with E-state index in [0.717, 1.165) is 0 Å². The molecule has 0 bridgehead atoms. The van der Waals surface area contributed by atoms with Crippen LogP contribution in [-0.2, 0) is 38.1 Å². The van der Waals surface area contributed by atoms with Crippen LogP contribution in [-0.4, -0.2) is 51.3 Å². The summed E-state index contributed by atoms with van der Waals surface area (Å²) in [5, 5.41) is 0. The molecule has 2 aliphatic rings. The third-order valence-electron chi connectivity index (χ3n) is 4.98. The molecule has 0 spiro atoms. The van der Waals surface area contributed by atoms with Crippen molar-refractivity contribution < 1.29 is 38.1 Å². The smallest absolute Gasteiger partial charge is 0.324 e. The van der Waals surface area contributed by atoms with Crippen LogP contribution in [0.2, 0.25) is 0 Å². The van der Waals surface area contributed by atoms with Gasteiger partial charge in [0.05, 0.1) is 14.2 Å². The number of carbonyl (C=O) groups excluding carboxylic acids is 4. The van der Waals surface area contributed by atoms with Crippen molar-refractivity contribution >= 4 is 23.9 Å². The van der Waals surface area contributed by atoms with Gasteiger partial charge in [0.1, 0.15) is 13.2 Å². The summed E-state index contributed by atoms with van der Waals surface area (Å²) in [7, 11) is 2.38. The average Bonchev–Trinajstić information content (AvgIpc) is 3.56. The molecule has 0 amide bonds. The molecule has 26 heavy (non-hydrogen) atoms. The Hall–Kier alpha value is -2.64. The van der Waals surface area contributed by atoms with E-state index in [9.17, 15) is 19.2 Å². The molecule has 8 nitrogen and oxygen atoms in total. The Morgan fingerprint density at radius 3 is 1.38 bits per heavy atom. The molecule has 0 aliphatic heterocycles. The molecule has 4 atom stereocenters. The summed E-state index contributed by atoms with van der Waals surface area (Å²) in [6.07, 6.45) is 3.55. The van der Waals surface area contributed by atoms with Crippen LogP contribution < -0.4 is 0 Å². The standard InChI is InChI=1S/C18H22O8/c1-5-11-9-17(11,13(19)23-3)15(21)25-7-8-26-16(22)18(14(20)24-4)10-12(18)6-2/h5-6,11-12H,1-2,7-10H2,3-4H3. The van der Waals surface area contributed by atoms with Gasteiger partial charge in [0, 0.05) is 11.8 Å². The normalized spacial score (nSPS) is 31.2. The first-order valence-corrected chi connectivity index (χ1v) is 8.11. The number of methoxy groups -OCH3 is 2. The van der Waals surface area contributed by atoms with E-state index in [-0.39, 0.29) is 37.9 Å². The minimum atomic E-state index is -1.36. The summed E-state index contributed by atoms with van der Waals surface area (Å²) in [5.41, 5.74) is -2.73. The first-order chi connectivity index (χ1) is 12.3. The maximum atomic E-state index is 12.2. The Bertz CT molecular complexity index is 598. The molecule has 142 valence electrons. The fraction of sp³-hybridized carbons (Fsp3) is 0.556. The Kier molecular flexibility index (Phi) is 5.53. The molecular weight excluding hydrogens is 344 g/mol. The molecule has 0 aromatic heterocycles. The lowest BCUT2D eigenvalue weighted by Crippen LogP contribution is -2.33. The van der Waals surface area contributed by atoms with Gasteiger partial charge in [-0.15, -0.1) is 13.2 Å². The molecule has 2 aliphatic carbocycles. The highest BCUT2D eigenvalue weighted by molar-refractivity contribution is 6.05. The minimum absolute atomic E-state index is 0.247. The number of ether oxygens (including phenoxy) is 4. The van der Waals surface area contributed by atoms with Crippen LogP contribution in [0.4, 0.5) is 0 Å². The van der Waals surface area contributed by atoms with Gasteiger partial charge in [0.2, 0.25) is 0 Å². The molecule has 0 saturated heterocycles. The number of esters is 4. The lowest BCUT2D eigenvalue weighted by Gasteiger charge is -2.15. The lowest BCUT2D eigenvalue weighted by molar-refractivity contribution is -0.170. The van der Waals surface area contributed by atoms with E-state index in [1.54, 1.807) is 0 Å². The third-order valence-corrected chi connectivity index (χ3v) is 4.98. The molecule has 2 fully saturated rings. The highest BCUT2D eigenvalue weighted by Gasteiger charge is 2.67. The van der Waals surface area contributed by atoms with Crippen molar-refractivity contribution in [2.45, 2.75) is 12.8 Å². The molecule has 0 heterocycles. The molecule has 4 unspecified atom stereocenters. The third kappa shape index (κ3) is 3.00. The summed E-state index contributed by atoms with van der Waals surface area (Å²) in [6, 6.07) is 0. The van der Waals surface area contributed by atoms with Crippen molar-refractivity contribution in [2.24, 2.45) is 22.7 Å². The van der Waals surface area contributed by atoms with E-state index in [1.807, 2.05) is 0 Å². The zero-order valence-electron chi connectivity index (χ0n) is 14.8. The summed E-state index contributed by atoms with van der Waals surface area (Å²) >= 11 is 0. The van der Waals surface area contributed by atoms with Crippen LogP contribution in [0.15, 0.2) is 25.3 Å². The summed E-state index contributed by atoms with van der Waals surface area (Å²) in [5.74, 6) is -3.53. The predicted molar refractivity (Wildman–Crippen MR) is 87.4 cm³/mol. The number of hydrogen-bond acceptors (Lipinski definition) is 8. The molecular formula is C18H22O8. The Labute approximate surface area is 151 Å². The van der Waals surface area contributed by atoms with Crippen LogP contribution in [0.25, 0.3) is 0 Å². The maximum Gasteiger partial charge on any atom is 0.324 e. The zero-order valence-corrected chi connectivity index (χ0v) is 14.8. The van der Waals surface area contributed by atoms with E-state index in [1.165, 1.54) is 26.4 Å². The molecule has 8 heteroatoms. The molecule has 0 aromatic rings. The fourth-order valence-corrected chi connectivity index (χ4v) is 3.14. The number of hydrogen-bond donors (Lipinski definition) is 0. The van der Waals surface area contributed by atoms with E-state index in [2.05, 4.69) is 22.6 Å². The Morgan fingerprint density at radius 1 is 0.808 bits per heavy atom. The van der Waals surface area contributed by atoms with Crippen LogP contribution in [0.1, 0.15) is 12.8 Å². The number of rotatable bonds is 9. The molecule has 2 rings (SSSR count). The van der Waals surface area contributed by atoms with Gasteiger partial charge in [-0.25, -0.2) is 0 Å². The van der Waals surface area contributed by atoms with Gasteiger partial charge in [-0.05, 0) is 12.8 Å². The summed E-state index contributed by atoms with van der Waals surface area (Å²) in [4.78, 5) is 48.1. The van der Waals surface area contributed by atoms with Crippen LogP contribution in [0.3, 0.4) is 0 Å². The van der Waals surface area contributed by atoms with E-state index in [0.29, 0.717) is 0 Å². The van der Waals surface area contributed by atoms with Crippen molar-refractivity contribution in [3.63, 3.8) is 0 Å². The van der Waals surface area contributed by atoms with Crippen molar-refractivity contribution in [2.75, 3.05) is 27.4 Å². The van der Waals surface area contributed by atoms with Gasteiger partial charge >= 0.3 is 23.9 Å². The van der Waals surface area contributed by atoms with Gasteiger partial charge in [0.15, 0.2) is 10.8 Å². The van der Waals surface area contributed by atoms with E-state index in [4.69, 9.17) is 9.47 Å². The van der Waals surface area contributed by atoms with Crippen molar-refractivity contribution in [3.8, 4) is 0 Å². The van der Waals surface area contributed by atoms with E-state index < -0.39 is 34.7 Å². The number of carbonyl (C=O) groups is 4. The monoisotopic (exact) mass is 366 g/mol. The van der Waals surface area contributed by atoms with Crippen molar-refractivity contribution in [1.82, 2.24) is 0 Å². The quantitative estimate of drug-likeness (QED) is 0.194. The highest BCUT2D eigenvalue weighted by Crippen LogP contribution is 2.56. The maximum absolute atomic E-state index is 12.2. The lowest BCUT2D eigenvalue weighted by atomic mass is 10.0. The number of allylic oxidation sites excluding steroid dienone is 2. The largest absolute Gasteiger partial charge is 0.468 e. The predicted octanol–water partition coefficient (Wildman–Crippen LogP) is 0.803. The first-order valence-electron chi connectivity index (χ1n) is 8.11. The van der Waals surface area contributed by atoms with Gasteiger partial charge in [-0.3, -0.25) is 19.2 Å².